The van der Waals surface area contributed by atoms with E-state index in [1.165, 1.54) is 0 Å². The van der Waals surface area contributed by atoms with Crippen molar-refractivity contribution in [3.8, 4) is 24.0 Å². The third-order valence-corrected chi connectivity index (χ3v) is 4.66. The molecule has 4 aromatic rings. The largest absolute Gasteiger partial charge is 0.388 e. The molecule has 0 heterocycles. The molecule has 4 heteroatoms. The van der Waals surface area contributed by atoms with Crippen molar-refractivity contribution >= 4 is 21.5 Å². The van der Waals surface area contributed by atoms with Crippen LogP contribution in [0, 0.1) is 23.0 Å². The van der Waals surface area contributed by atoms with Crippen LogP contribution in [0.1, 0.15) is 11.1 Å². The Kier molecular flexibility index (Phi) is 4.31. The van der Waals surface area contributed by atoms with Gasteiger partial charge in [-0.3, -0.25) is 0 Å². The molecular formula is C23H14N2O2. The fourth-order valence-electron chi connectivity index (χ4n) is 3.46. The van der Waals surface area contributed by atoms with Crippen LogP contribution in [-0.2, 0) is 6.42 Å². The second kappa shape index (κ2) is 7.07. The Labute approximate surface area is 156 Å². The molecule has 4 rings (SSSR count). The normalized spacial score (nSPS) is 10.3. The number of ether oxygens (including phenoxy) is 2. The Hall–Kier alpha value is -4.02. The van der Waals surface area contributed by atoms with Crippen molar-refractivity contribution in [3.63, 3.8) is 0 Å². The van der Waals surface area contributed by atoms with E-state index in [4.69, 9.17) is 20.0 Å². The van der Waals surface area contributed by atoms with Crippen molar-refractivity contribution in [1.82, 2.24) is 0 Å². The van der Waals surface area contributed by atoms with Gasteiger partial charge in [0.1, 0.15) is 11.5 Å². The molecule has 4 nitrogen and oxygen atoms in total. The zero-order chi connectivity index (χ0) is 18.6. The first kappa shape index (κ1) is 16.4. The SMILES string of the molecule is N#COc1ccc2ccccc2c1Cc1c(OC#N)ccc2ccccc12. The second-order valence-corrected chi connectivity index (χ2v) is 6.09. The van der Waals surface area contributed by atoms with Crippen LogP contribution in [0.25, 0.3) is 21.5 Å². The quantitative estimate of drug-likeness (QED) is 0.468. The molecule has 27 heavy (non-hydrogen) atoms. The van der Waals surface area contributed by atoms with Gasteiger partial charge in [-0.1, -0.05) is 60.7 Å². The van der Waals surface area contributed by atoms with Gasteiger partial charge in [-0.05, 0) is 33.7 Å². The maximum atomic E-state index is 9.05. The molecule has 128 valence electrons. The number of rotatable bonds is 4. The van der Waals surface area contributed by atoms with Crippen LogP contribution in [-0.4, -0.2) is 0 Å². The lowest BCUT2D eigenvalue weighted by Crippen LogP contribution is -1.99. The number of hydrogen-bond acceptors (Lipinski definition) is 4. The van der Waals surface area contributed by atoms with Crippen molar-refractivity contribution in [2.75, 3.05) is 0 Å². The molecule has 0 aliphatic carbocycles. The monoisotopic (exact) mass is 350 g/mol. The predicted molar refractivity (Wildman–Crippen MR) is 103 cm³/mol. The Bertz CT molecular complexity index is 1140. The van der Waals surface area contributed by atoms with E-state index in [0.29, 0.717) is 17.9 Å². The third kappa shape index (κ3) is 3.01. The third-order valence-electron chi connectivity index (χ3n) is 4.66. The average molecular weight is 350 g/mol. The number of nitriles is 2. The summed E-state index contributed by atoms with van der Waals surface area (Å²) in [6.45, 7) is 0. The van der Waals surface area contributed by atoms with Crippen molar-refractivity contribution in [3.05, 3.63) is 83.9 Å². The standard InChI is InChI=1S/C23H14N2O2/c24-14-26-22-11-9-16-5-1-3-7-18(16)20(22)13-21-19-8-4-2-6-17(19)10-12-23(21)27-15-25/h1-12H,13H2. The summed E-state index contributed by atoms with van der Waals surface area (Å²) in [7, 11) is 0. The molecule has 0 N–H and O–H groups in total. The first-order valence-corrected chi connectivity index (χ1v) is 8.45. The lowest BCUT2D eigenvalue weighted by molar-refractivity contribution is 0.496. The summed E-state index contributed by atoms with van der Waals surface area (Å²) in [5, 5.41) is 22.2. The molecule has 0 unspecified atom stereocenters. The van der Waals surface area contributed by atoms with E-state index < -0.39 is 0 Å². The lowest BCUT2D eigenvalue weighted by Gasteiger charge is -2.14. The zero-order valence-corrected chi connectivity index (χ0v) is 14.3. The molecule has 0 aliphatic heterocycles. The van der Waals surface area contributed by atoms with Crippen molar-refractivity contribution in [2.24, 2.45) is 0 Å². The van der Waals surface area contributed by atoms with Gasteiger partial charge in [0, 0.05) is 17.5 Å². The Balaban J connectivity index is 1.97. The highest BCUT2D eigenvalue weighted by atomic mass is 16.5. The smallest absolute Gasteiger partial charge is 0.292 e. The molecule has 0 aliphatic rings. The second-order valence-electron chi connectivity index (χ2n) is 6.09. The van der Waals surface area contributed by atoms with Crippen LogP contribution in [0.15, 0.2) is 72.8 Å². The fourth-order valence-corrected chi connectivity index (χ4v) is 3.46. The van der Waals surface area contributed by atoms with Crippen LogP contribution in [0.3, 0.4) is 0 Å². The van der Waals surface area contributed by atoms with Gasteiger partial charge in [0.15, 0.2) is 0 Å². The number of benzene rings is 4. The maximum absolute atomic E-state index is 9.05. The van der Waals surface area contributed by atoms with E-state index in [2.05, 4.69) is 0 Å². The van der Waals surface area contributed by atoms with Crippen molar-refractivity contribution in [2.45, 2.75) is 6.42 Å². The minimum absolute atomic E-state index is 0.469. The minimum atomic E-state index is 0.469. The molecule has 0 aromatic heterocycles. The van der Waals surface area contributed by atoms with E-state index in [1.54, 1.807) is 24.6 Å². The molecule has 0 spiro atoms. The van der Waals surface area contributed by atoms with Crippen LogP contribution in [0.2, 0.25) is 0 Å². The van der Waals surface area contributed by atoms with E-state index >= 15 is 0 Å². The first-order valence-electron chi connectivity index (χ1n) is 8.45. The average Bonchev–Trinajstić information content (AvgIpc) is 2.71. The summed E-state index contributed by atoms with van der Waals surface area (Å²) in [6.07, 6.45) is 4.01. The highest BCUT2D eigenvalue weighted by Crippen LogP contribution is 2.36. The molecule has 0 fully saturated rings. The van der Waals surface area contributed by atoms with Crippen LogP contribution >= 0.6 is 0 Å². The maximum Gasteiger partial charge on any atom is 0.292 e. The molecule has 0 amide bonds. The molecule has 0 bridgehead atoms. The van der Waals surface area contributed by atoms with E-state index in [1.807, 2.05) is 60.7 Å². The van der Waals surface area contributed by atoms with Crippen molar-refractivity contribution in [1.29, 1.82) is 10.5 Å². The summed E-state index contributed by atoms with van der Waals surface area (Å²) in [5.41, 5.74) is 1.77. The number of fused-ring (bicyclic) bond motifs is 2. The van der Waals surface area contributed by atoms with E-state index in [-0.39, 0.29) is 0 Å². The molecule has 0 atom stereocenters. The number of nitrogens with zero attached hydrogens (tertiary/aromatic N) is 2. The van der Waals surface area contributed by atoms with Crippen LogP contribution in [0.5, 0.6) is 11.5 Å². The topological polar surface area (TPSA) is 66.0 Å². The summed E-state index contributed by atoms with van der Waals surface area (Å²) in [6, 6.07) is 23.4. The Morgan fingerprint density at radius 2 is 1.04 bits per heavy atom. The predicted octanol–water partition coefficient (Wildman–Crippen LogP) is 5.30. The summed E-state index contributed by atoms with van der Waals surface area (Å²) >= 11 is 0. The van der Waals surface area contributed by atoms with Gasteiger partial charge in [0.25, 0.3) is 12.5 Å². The molecular weight excluding hydrogens is 336 g/mol. The van der Waals surface area contributed by atoms with Gasteiger partial charge in [0.2, 0.25) is 0 Å². The van der Waals surface area contributed by atoms with Crippen LogP contribution < -0.4 is 9.47 Å². The van der Waals surface area contributed by atoms with Gasteiger partial charge >= 0.3 is 0 Å². The number of hydrogen-bond donors (Lipinski definition) is 0. The Morgan fingerprint density at radius 1 is 0.593 bits per heavy atom. The van der Waals surface area contributed by atoms with Crippen molar-refractivity contribution < 1.29 is 9.47 Å². The molecule has 0 saturated carbocycles. The van der Waals surface area contributed by atoms with E-state index in [9.17, 15) is 0 Å². The summed E-state index contributed by atoms with van der Waals surface area (Å²) in [4.78, 5) is 0. The first-order chi connectivity index (χ1) is 13.3. The highest BCUT2D eigenvalue weighted by Gasteiger charge is 2.16. The van der Waals surface area contributed by atoms with Gasteiger partial charge in [0.05, 0.1) is 0 Å². The van der Waals surface area contributed by atoms with Crippen LogP contribution in [0.4, 0.5) is 0 Å². The van der Waals surface area contributed by atoms with Gasteiger partial charge in [-0.25, -0.2) is 0 Å². The zero-order valence-electron chi connectivity index (χ0n) is 14.3. The fraction of sp³-hybridized carbons (Fsp3) is 0.0435. The highest BCUT2D eigenvalue weighted by molar-refractivity contribution is 5.91. The molecule has 0 saturated heterocycles. The molecule has 0 radical (unpaired) electrons. The van der Waals surface area contributed by atoms with Gasteiger partial charge in [-0.15, -0.1) is 10.5 Å². The minimum Gasteiger partial charge on any atom is -0.388 e. The molecule has 4 aromatic carbocycles. The lowest BCUT2D eigenvalue weighted by atomic mass is 9.93. The Morgan fingerprint density at radius 3 is 1.48 bits per heavy atom. The summed E-state index contributed by atoms with van der Waals surface area (Å²) in [5.74, 6) is 1.01. The summed E-state index contributed by atoms with van der Waals surface area (Å²) < 4.78 is 10.5. The van der Waals surface area contributed by atoms with E-state index in [0.717, 1.165) is 32.7 Å². The van der Waals surface area contributed by atoms with Gasteiger partial charge < -0.3 is 9.47 Å². The van der Waals surface area contributed by atoms with Gasteiger partial charge in [-0.2, -0.15) is 0 Å².